The van der Waals surface area contributed by atoms with Gasteiger partial charge in [0, 0.05) is 12.2 Å². The van der Waals surface area contributed by atoms with Gasteiger partial charge in [-0.15, -0.1) is 11.8 Å². The molecule has 2 fully saturated rings. The summed E-state index contributed by atoms with van der Waals surface area (Å²) in [6.07, 6.45) is 1.12. The fraction of sp³-hybridized carbons (Fsp3) is 0.500. The van der Waals surface area contributed by atoms with E-state index in [4.69, 9.17) is 4.74 Å². The molecule has 0 saturated carbocycles. The minimum absolute atomic E-state index is 0.0615. The fourth-order valence-corrected chi connectivity index (χ4v) is 5.60. The van der Waals surface area contributed by atoms with E-state index in [1.807, 2.05) is 6.92 Å². The van der Waals surface area contributed by atoms with E-state index in [9.17, 15) is 19.2 Å². The number of para-hydroxylation sites is 2. The molecule has 0 unspecified atom stereocenters. The third-order valence-electron chi connectivity index (χ3n) is 5.81. The first-order valence-electron chi connectivity index (χ1n) is 9.51. The number of thioether (sulfide) groups is 1. The minimum atomic E-state index is -1.13. The number of rotatable bonds is 3. The smallest absolute Gasteiger partial charge is 0.330 e. The molecule has 0 aromatic heterocycles. The van der Waals surface area contributed by atoms with Crippen molar-refractivity contribution in [1.29, 1.82) is 0 Å². The Hall–Kier alpha value is -2.55. The standard InChI is InChI=1S/C20H23N3O5S/c1-19(2)18(27)21-12-6-4-5-7-13(12)22(19)16(25)10-28-17(26)14-11-29-20(3)9-8-15(24)23(14)20/h4-7,14H,8-11H2,1-3H3,(H,21,27)/t14-,20-/m1/s1. The molecular formula is C20H23N3O5S. The highest BCUT2D eigenvalue weighted by atomic mass is 32.2. The van der Waals surface area contributed by atoms with Crippen molar-refractivity contribution in [2.45, 2.75) is 50.1 Å². The largest absolute Gasteiger partial charge is 0.454 e. The molecule has 1 N–H and O–H groups in total. The molecule has 1 aromatic rings. The Morgan fingerprint density at radius 2 is 1.97 bits per heavy atom. The summed E-state index contributed by atoms with van der Waals surface area (Å²) in [7, 11) is 0. The SMILES string of the molecule is CC1(C)C(=O)Nc2ccccc2N1C(=O)COC(=O)[C@H]1CS[C@]2(C)CCC(=O)N12. The van der Waals surface area contributed by atoms with Crippen LogP contribution >= 0.6 is 11.8 Å². The number of nitrogens with one attached hydrogen (secondary N) is 1. The molecule has 4 rings (SSSR count). The van der Waals surface area contributed by atoms with Crippen molar-refractivity contribution >= 4 is 46.8 Å². The van der Waals surface area contributed by atoms with Gasteiger partial charge in [0.2, 0.25) is 11.8 Å². The van der Waals surface area contributed by atoms with E-state index in [1.165, 1.54) is 4.90 Å². The summed E-state index contributed by atoms with van der Waals surface area (Å²) in [6, 6.07) is 6.30. The van der Waals surface area contributed by atoms with Crippen molar-refractivity contribution in [1.82, 2.24) is 4.90 Å². The second kappa shape index (κ2) is 6.76. The van der Waals surface area contributed by atoms with Crippen molar-refractivity contribution in [2.75, 3.05) is 22.6 Å². The van der Waals surface area contributed by atoms with E-state index in [0.29, 0.717) is 30.0 Å². The third kappa shape index (κ3) is 3.08. The van der Waals surface area contributed by atoms with E-state index >= 15 is 0 Å². The number of fused-ring (bicyclic) bond motifs is 2. The summed E-state index contributed by atoms with van der Waals surface area (Å²) in [5.74, 6) is -1.00. The molecular weight excluding hydrogens is 394 g/mol. The van der Waals surface area contributed by atoms with Gasteiger partial charge >= 0.3 is 5.97 Å². The summed E-state index contributed by atoms with van der Waals surface area (Å²) in [4.78, 5) is 52.9. The molecule has 3 aliphatic rings. The van der Waals surface area contributed by atoms with Crippen LogP contribution in [0.1, 0.15) is 33.6 Å². The lowest BCUT2D eigenvalue weighted by Gasteiger charge is -2.41. The molecule has 0 radical (unpaired) electrons. The molecule has 3 heterocycles. The molecule has 0 spiro atoms. The number of carbonyl (C=O) groups excluding carboxylic acids is 4. The lowest BCUT2D eigenvalue weighted by molar-refractivity contribution is -0.156. The average molecular weight is 417 g/mol. The maximum Gasteiger partial charge on any atom is 0.330 e. The highest BCUT2D eigenvalue weighted by Crippen LogP contribution is 2.47. The molecule has 1 aromatic carbocycles. The number of hydrogen-bond acceptors (Lipinski definition) is 6. The second-order valence-corrected chi connectivity index (χ2v) is 9.63. The van der Waals surface area contributed by atoms with Gasteiger partial charge in [0.1, 0.15) is 11.6 Å². The number of esters is 1. The van der Waals surface area contributed by atoms with E-state index in [1.54, 1.807) is 54.8 Å². The van der Waals surface area contributed by atoms with Gasteiger partial charge in [0.25, 0.3) is 5.91 Å². The van der Waals surface area contributed by atoms with Crippen molar-refractivity contribution in [3.8, 4) is 0 Å². The molecule has 2 saturated heterocycles. The lowest BCUT2D eigenvalue weighted by atomic mass is 9.96. The highest BCUT2D eigenvalue weighted by Gasteiger charge is 2.53. The molecule has 3 amide bonds. The van der Waals surface area contributed by atoms with Gasteiger partial charge in [-0.3, -0.25) is 19.3 Å². The van der Waals surface area contributed by atoms with Gasteiger partial charge < -0.3 is 15.0 Å². The molecule has 154 valence electrons. The molecule has 8 nitrogen and oxygen atoms in total. The normalized spacial score (nSPS) is 27.3. The summed E-state index contributed by atoms with van der Waals surface area (Å²) >= 11 is 1.56. The second-order valence-electron chi connectivity index (χ2n) is 8.13. The van der Waals surface area contributed by atoms with Gasteiger partial charge in [0.05, 0.1) is 16.2 Å². The summed E-state index contributed by atoms with van der Waals surface area (Å²) in [5, 5.41) is 2.79. The quantitative estimate of drug-likeness (QED) is 0.753. The van der Waals surface area contributed by atoms with E-state index < -0.39 is 30.1 Å². The van der Waals surface area contributed by atoms with Crippen LogP contribution in [-0.2, 0) is 23.9 Å². The van der Waals surface area contributed by atoms with Crippen LogP contribution in [0.25, 0.3) is 0 Å². The molecule has 3 aliphatic heterocycles. The van der Waals surface area contributed by atoms with E-state index in [0.717, 1.165) is 0 Å². The van der Waals surface area contributed by atoms with Gasteiger partial charge in [-0.05, 0) is 39.3 Å². The van der Waals surface area contributed by atoms with Crippen LogP contribution in [0.15, 0.2) is 24.3 Å². The number of amides is 3. The lowest BCUT2D eigenvalue weighted by Crippen LogP contribution is -2.59. The van der Waals surface area contributed by atoms with Crippen molar-refractivity contribution in [3.63, 3.8) is 0 Å². The van der Waals surface area contributed by atoms with Gasteiger partial charge in [-0.25, -0.2) is 4.79 Å². The topological polar surface area (TPSA) is 96.0 Å². The maximum atomic E-state index is 13.0. The van der Waals surface area contributed by atoms with Crippen molar-refractivity contribution in [2.24, 2.45) is 0 Å². The zero-order valence-electron chi connectivity index (χ0n) is 16.6. The number of benzene rings is 1. The predicted octanol–water partition coefficient (Wildman–Crippen LogP) is 1.75. The predicted molar refractivity (Wildman–Crippen MR) is 108 cm³/mol. The number of hydrogen-bond donors (Lipinski definition) is 1. The number of anilines is 2. The Balaban J connectivity index is 1.49. The number of carbonyl (C=O) groups is 4. The fourth-order valence-electron chi connectivity index (χ4n) is 4.19. The van der Waals surface area contributed by atoms with Crippen LogP contribution in [0.4, 0.5) is 11.4 Å². The van der Waals surface area contributed by atoms with Crippen LogP contribution in [-0.4, -0.2) is 57.4 Å². The van der Waals surface area contributed by atoms with E-state index in [-0.39, 0.29) is 16.7 Å². The van der Waals surface area contributed by atoms with Gasteiger partial charge in [-0.1, -0.05) is 12.1 Å². The van der Waals surface area contributed by atoms with Crippen LogP contribution in [0.5, 0.6) is 0 Å². The maximum absolute atomic E-state index is 13.0. The Bertz CT molecular complexity index is 917. The number of nitrogens with zero attached hydrogens (tertiary/aromatic N) is 2. The molecule has 29 heavy (non-hydrogen) atoms. The van der Waals surface area contributed by atoms with Crippen molar-refractivity contribution < 1.29 is 23.9 Å². The number of ether oxygens (including phenoxy) is 1. The average Bonchev–Trinajstić information content (AvgIpc) is 3.16. The Kier molecular flexibility index (Phi) is 4.60. The zero-order valence-corrected chi connectivity index (χ0v) is 17.4. The van der Waals surface area contributed by atoms with Crippen LogP contribution in [0.2, 0.25) is 0 Å². The summed E-state index contributed by atoms with van der Waals surface area (Å²) < 4.78 is 5.32. The van der Waals surface area contributed by atoms with Gasteiger partial charge in [-0.2, -0.15) is 0 Å². The highest BCUT2D eigenvalue weighted by molar-refractivity contribution is 8.01. The van der Waals surface area contributed by atoms with Gasteiger partial charge in [0.15, 0.2) is 6.61 Å². The molecule has 9 heteroatoms. The van der Waals surface area contributed by atoms with Crippen LogP contribution in [0.3, 0.4) is 0 Å². The first-order chi connectivity index (χ1) is 13.6. The summed E-state index contributed by atoms with van der Waals surface area (Å²) in [6.45, 7) is 4.73. The first kappa shape index (κ1) is 19.8. The van der Waals surface area contributed by atoms with Crippen LogP contribution in [0, 0.1) is 0 Å². The van der Waals surface area contributed by atoms with E-state index in [2.05, 4.69) is 5.32 Å². The van der Waals surface area contributed by atoms with Crippen LogP contribution < -0.4 is 10.2 Å². The van der Waals surface area contributed by atoms with Crippen molar-refractivity contribution in [3.05, 3.63) is 24.3 Å². The Morgan fingerprint density at radius 3 is 2.72 bits per heavy atom. The summed E-state index contributed by atoms with van der Waals surface area (Å²) in [5.41, 5.74) is -0.0520. The molecule has 2 atom stereocenters. The Morgan fingerprint density at radius 1 is 1.24 bits per heavy atom. The Labute approximate surface area is 172 Å². The minimum Gasteiger partial charge on any atom is -0.454 e. The molecule has 0 aliphatic carbocycles. The zero-order chi connectivity index (χ0) is 21.0. The molecule has 0 bridgehead atoms. The monoisotopic (exact) mass is 417 g/mol. The third-order valence-corrected chi connectivity index (χ3v) is 7.32. The first-order valence-corrected chi connectivity index (χ1v) is 10.5.